The van der Waals surface area contributed by atoms with Crippen LogP contribution in [0, 0.1) is 10.1 Å². The molecule has 0 aliphatic heterocycles. The first-order valence-electron chi connectivity index (χ1n) is 6.05. The summed E-state index contributed by atoms with van der Waals surface area (Å²) in [5, 5.41) is 14.0. The number of nitrogens with zero attached hydrogens (tertiary/aromatic N) is 2. The molecule has 1 atom stereocenters. The molecule has 1 aromatic carbocycles. The molecule has 0 fully saturated rings. The van der Waals surface area contributed by atoms with Gasteiger partial charge in [0.1, 0.15) is 5.82 Å². The minimum absolute atomic E-state index is 0.0909. The van der Waals surface area contributed by atoms with Crippen molar-refractivity contribution in [3.05, 3.63) is 58.1 Å². The largest absolute Gasteiger partial charge is 0.358 e. The minimum Gasteiger partial charge on any atom is -0.358 e. The van der Waals surface area contributed by atoms with Gasteiger partial charge in [-0.15, -0.1) is 0 Å². The highest BCUT2D eigenvalue weighted by atomic mass is 16.6. The second-order valence-electron chi connectivity index (χ2n) is 4.24. The Bertz CT molecular complexity index is 603. The fourth-order valence-electron chi connectivity index (χ4n) is 1.82. The number of rotatable bonds is 5. The van der Waals surface area contributed by atoms with Crippen LogP contribution in [-0.4, -0.2) is 9.91 Å². The normalized spacial score (nSPS) is 11.7. The summed E-state index contributed by atoms with van der Waals surface area (Å²) in [7, 11) is 0. The van der Waals surface area contributed by atoms with Gasteiger partial charge in [0, 0.05) is 6.07 Å². The molecule has 7 nitrogen and oxygen atoms in total. The zero-order valence-corrected chi connectivity index (χ0v) is 10.9. The maximum atomic E-state index is 11.0. The Labute approximate surface area is 116 Å². The van der Waals surface area contributed by atoms with E-state index in [1.165, 1.54) is 12.1 Å². The number of aromatic nitrogens is 1. The van der Waals surface area contributed by atoms with Crippen LogP contribution in [0.15, 0.2) is 42.5 Å². The molecule has 0 aliphatic carbocycles. The van der Waals surface area contributed by atoms with Crippen LogP contribution in [0.1, 0.15) is 18.5 Å². The molecular formula is C13H15N5O2. The van der Waals surface area contributed by atoms with Crippen LogP contribution in [0.25, 0.3) is 0 Å². The molecule has 4 N–H and O–H groups in total. The van der Waals surface area contributed by atoms with Crippen molar-refractivity contribution in [2.24, 2.45) is 5.84 Å². The van der Waals surface area contributed by atoms with Crippen molar-refractivity contribution in [3.63, 3.8) is 0 Å². The fraction of sp³-hybridized carbons (Fsp3) is 0.154. The summed E-state index contributed by atoms with van der Waals surface area (Å²) in [4.78, 5) is 14.6. The highest BCUT2D eigenvalue weighted by Gasteiger charge is 2.18. The number of pyridine rings is 1. The van der Waals surface area contributed by atoms with Gasteiger partial charge in [-0.25, -0.2) is 10.8 Å². The van der Waals surface area contributed by atoms with Gasteiger partial charge in [0.25, 0.3) is 0 Å². The lowest BCUT2D eigenvalue weighted by molar-refractivity contribution is -0.384. The molecule has 7 heteroatoms. The molecule has 104 valence electrons. The van der Waals surface area contributed by atoms with Crippen LogP contribution in [0.2, 0.25) is 0 Å². The van der Waals surface area contributed by atoms with Crippen molar-refractivity contribution in [1.29, 1.82) is 0 Å². The molecule has 2 rings (SSSR count). The Morgan fingerprint density at radius 1 is 1.25 bits per heavy atom. The first kappa shape index (κ1) is 13.8. The van der Waals surface area contributed by atoms with Crippen molar-refractivity contribution in [3.8, 4) is 0 Å². The van der Waals surface area contributed by atoms with Crippen LogP contribution in [0.4, 0.5) is 17.3 Å². The van der Waals surface area contributed by atoms with Crippen LogP contribution in [0.3, 0.4) is 0 Å². The maximum absolute atomic E-state index is 11.0. The van der Waals surface area contributed by atoms with Gasteiger partial charge >= 0.3 is 5.69 Å². The van der Waals surface area contributed by atoms with Crippen LogP contribution in [-0.2, 0) is 0 Å². The van der Waals surface area contributed by atoms with E-state index in [-0.39, 0.29) is 17.5 Å². The smallest absolute Gasteiger partial charge is 0.311 e. The van der Waals surface area contributed by atoms with Crippen molar-refractivity contribution in [1.82, 2.24) is 4.98 Å². The second kappa shape index (κ2) is 5.98. The monoisotopic (exact) mass is 273 g/mol. The molecule has 1 heterocycles. The molecule has 0 spiro atoms. The lowest BCUT2D eigenvalue weighted by Crippen LogP contribution is -2.13. The number of hydrogen-bond acceptors (Lipinski definition) is 6. The molecule has 0 radical (unpaired) electrons. The Hall–Kier alpha value is -2.67. The zero-order valence-electron chi connectivity index (χ0n) is 10.9. The molecule has 1 aromatic heterocycles. The minimum atomic E-state index is -0.479. The van der Waals surface area contributed by atoms with E-state index in [9.17, 15) is 10.1 Å². The number of hydrazine groups is 1. The molecule has 0 saturated carbocycles. The number of nitrogens with two attached hydrogens (primary N) is 1. The first-order chi connectivity index (χ1) is 9.61. The maximum Gasteiger partial charge on any atom is 0.311 e. The molecule has 1 unspecified atom stereocenters. The van der Waals surface area contributed by atoms with Gasteiger partial charge in [0.05, 0.1) is 11.0 Å². The first-order valence-corrected chi connectivity index (χ1v) is 6.05. The second-order valence-corrected chi connectivity index (χ2v) is 4.24. The third kappa shape index (κ3) is 3.01. The number of benzene rings is 1. The van der Waals surface area contributed by atoms with E-state index >= 15 is 0 Å². The van der Waals surface area contributed by atoms with Gasteiger partial charge in [-0.3, -0.25) is 10.1 Å². The number of nitrogen functional groups attached to an aromatic ring is 1. The summed E-state index contributed by atoms with van der Waals surface area (Å²) < 4.78 is 0. The Morgan fingerprint density at radius 3 is 2.55 bits per heavy atom. The van der Waals surface area contributed by atoms with Gasteiger partial charge in [-0.1, -0.05) is 30.3 Å². The van der Waals surface area contributed by atoms with Gasteiger partial charge < -0.3 is 10.7 Å². The molecule has 2 aromatic rings. The summed E-state index contributed by atoms with van der Waals surface area (Å²) in [5.74, 6) is 5.82. The van der Waals surface area contributed by atoms with Crippen molar-refractivity contribution in [2.75, 3.05) is 10.7 Å². The highest BCUT2D eigenvalue weighted by Crippen LogP contribution is 2.27. The number of hydrogen-bond donors (Lipinski definition) is 3. The highest BCUT2D eigenvalue weighted by molar-refractivity contribution is 5.60. The lowest BCUT2D eigenvalue weighted by Gasteiger charge is -2.15. The standard InChI is InChI=1S/C13H15N5O2/c1-9(10-5-3-2-4-6-10)15-13-11(18(19)20)7-8-12(16-13)17-14/h2-9H,14H2,1H3,(H2,15,16,17). The van der Waals surface area contributed by atoms with Crippen molar-refractivity contribution >= 4 is 17.3 Å². The van der Waals surface area contributed by atoms with Crippen molar-refractivity contribution < 1.29 is 4.92 Å². The van der Waals surface area contributed by atoms with Crippen LogP contribution >= 0.6 is 0 Å². The third-order valence-electron chi connectivity index (χ3n) is 2.87. The molecule has 0 saturated heterocycles. The number of nitrogens with one attached hydrogen (secondary N) is 2. The van der Waals surface area contributed by atoms with Crippen LogP contribution in [0.5, 0.6) is 0 Å². The van der Waals surface area contributed by atoms with Gasteiger partial charge in [0.15, 0.2) is 0 Å². The van der Waals surface area contributed by atoms with Gasteiger partial charge in [0.2, 0.25) is 5.82 Å². The average Bonchev–Trinajstić information content (AvgIpc) is 2.47. The molecule has 0 aliphatic rings. The Balaban J connectivity index is 2.29. The van der Waals surface area contributed by atoms with Gasteiger partial charge in [-0.05, 0) is 18.6 Å². The van der Waals surface area contributed by atoms with E-state index in [4.69, 9.17) is 5.84 Å². The van der Waals surface area contributed by atoms with E-state index < -0.39 is 4.92 Å². The summed E-state index contributed by atoms with van der Waals surface area (Å²) >= 11 is 0. The zero-order chi connectivity index (χ0) is 14.5. The quantitative estimate of drug-likeness (QED) is 0.439. The fourth-order valence-corrected chi connectivity index (χ4v) is 1.82. The Morgan fingerprint density at radius 2 is 1.95 bits per heavy atom. The summed E-state index contributed by atoms with van der Waals surface area (Å²) in [5.41, 5.74) is 3.29. The van der Waals surface area contributed by atoms with E-state index in [2.05, 4.69) is 15.7 Å². The van der Waals surface area contributed by atoms with E-state index in [1.54, 1.807) is 0 Å². The summed E-state index contributed by atoms with van der Waals surface area (Å²) in [6, 6.07) is 12.3. The summed E-state index contributed by atoms with van der Waals surface area (Å²) in [6.07, 6.45) is 0. The Kier molecular flexibility index (Phi) is 4.11. The molecule has 0 bridgehead atoms. The molecular weight excluding hydrogens is 258 g/mol. The molecule has 0 amide bonds. The predicted molar refractivity (Wildman–Crippen MR) is 77.2 cm³/mol. The summed E-state index contributed by atoms with van der Waals surface area (Å²) in [6.45, 7) is 1.91. The lowest BCUT2D eigenvalue weighted by atomic mass is 10.1. The third-order valence-corrected chi connectivity index (χ3v) is 2.87. The van der Waals surface area contributed by atoms with Crippen molar-refractivity contribution in [2.45, 2.75) is 13.0 Å². The van der Waals surface area contributed by atoms with Gasteiger partial charge in [-0.2, -0.15) is 0 Å². The molecule has 20 heavy (non-hydrogen) atoms. The number of anilines is 2. The van der Waals surface area contributed by atoms with E-state index in [0.717, 1.165) is 5.56 Å². The predicted octanol–water partition coefficient (Wildman–Crippen LogP) is 2.45. The van der Waals surface area contributed by atoms with Crippen LogP contribution < -0.4 is 16.6 Å². The van der Waals surface area contributed by atoms with E-state index in [1.807, 2.05) is 37.3 Å². The SMILES string of the molecule is CC(Nc1nc(NN)ccc1[N+](=O)[O-])c1ccccc1. The number of nitro groups is 1. The topological polar surface area (TPSA) is 106 Å². The average molecular weight is 273 g/mol. The van der Waals surface area contributed by atoms with E-state index in [0.29, 0.717) is 5.82 Å².